The quantitative estimate of drug-likeness (QED) is 0.709. The number of amides is 1. The van der Waals surface area contributed by atoms with Crippen LogP contribution in [0, 0.1) is 6.92 Å². The second kappa shape index (κ2) is 7.44. The van der Waals surface area contributed by atoms with Crippen LogP contribution in [-0.2, 0) is 0 Å². The van der Waals surface area contributed by atoms with E-state index < -0.39 is 0 Å². The third-order valence-electron chi connectivity index (χ3n) is 4.88. The Labute approximate surface area is 162 Å². The zero-order chi connectivity index (χ0) is 18.8. The maximum Gasteiger partial charge on any atom is 0.251 e. The van der Waals surface area contributed by atoms with Crippen molar-refractivity contribution in [3.63, 3.8) is 0 Å². The molecule has 1 fully saturated rings. The van der Waals surface area contributed by atoms with Gasteiger partial charge in [-0.3, -0.25) is 9.89 Å². The third kappa shape index (κ3) is 3.68. The Hall–Kier alpha value is -2.80. The van der Waals surface area contributed by atoms with E-state index in [1.54, 1.807) is 18.4 Å². The van der Waals surface area contributed by atoms with Crippen molar-refractivity contribution < 1.29 is 9.53 Å². The molecule has 1 amide bonds. The molecule has 0 radical (unpaired) electrons. The summed E-state index contributed by atoms with van der Waals surface area (Å²) in [4.78, 5) is 16.0. The molecule has 4 rings (SSSR count). The fourth-order valence-electron chi connectivity index (χ4n) is 3.40. The number of hydrogen-bond donors (Lipinski definition) is 2. The van der Waals surface area contributed by atoms with Crippen LogP contribution < -0.4 is 15.0 Å². The number of aryl methyl sites for hydroxylation is 1. The zero-order valence-corrected chi connectivity index (χ0v) is 16.2. The summed E-state index contributed by atoms with van der Waals surface area (Å²) in [6.07, 6.45) is 0.905. The number of rotatable bonds is 5. The number of ether oxygens (including phenoxy) is 1. The third-order valence-corrected chi connectivity index (χ3v) is 5.78. The van der Waals surface area contributed by atoms with E-state index in [2.05, 4.69) is 37.9 Å². The summed E-state index contributed by atoms with van der Waals surface area (Å²) in [5.74, 6) is 1.65. The van der Waals surface area contributed by atoms with Gasteiger partial charge >= 0.3 is 0 Å². The van der Waals surface area contributed by atoms with Gasteiger partial charge in [0.05, 0.1) is 17.7 Å². The molecule has 1 aliphatic heterocycles. The molecular formula is C20H22N4O2S. The van der Waals surface area contributed by atoms with Gasteiger partial charge in [-0.05, 0) is 48.6 Å². The molecule has 3 aromatic rings. The number of benzene rings is 1. The maximum absolute atomic E-state index is 12.6. The molecule has 7 heteroatoms. The lowest BCUT2D eigenvalue weighted by Gasteiger charge is -2.16. The van der Waals surface area contributed by atoms with Crippen molar-refractivity contribution in [1.29, 1.82) is 0 Å². The van der Waals surface area contributed by atoms with Crippen LogP contribution in [0.1, 0.15) is 22.3 Å². The number of anilines is 1. The first-order chi connectivity index (χ1) is 13.1. The molecule has 1 saturated heterocycles. The zero-order valence-electron chi connectivity index (χ0n) is 15.4. The summed E-state index contributed by atoms with van der Waals surface area (Å²) >= 11 is 1.69. The van der Waals surface area contributed by atoms with E-state index in [4.69, 9.17) is 4.74 Å². The first-order valence-electron chi connectivity index (χ1n) is 8.94. The molecule has 1 atom stereocenters. The molecule has 6 nitrogen and oxygen atoms in total. The van der Waals surface area contributed by atoms with E-state index in [0.29, 0.717) is 5.56 Å². The van der Waals surface area contributed by atoms with Crippen molar-refractivity contribution in [2.75, 3.05) is 25.1 Å². The molecule has 2 aromatic heterocycles. The molecule has 0 bridgehead atoms. The van der Waals surface area contributed by atoms with Gasteiger partial charge in [-0.2, -0.15) is 5.10 Å². The number of thiophene rings is 1. The number of aromatic nitrogens is 2. The Morgan fingerprint density at radius 2 is 2.26 bits per heavy atom. The van der Waals surface area contributed by atoms with Gasteiger partial charge in [0.2, 0.25) is 0 Å². The topological polar surface area (TPSA) is 70.2 Å². The van der Waals surface area contributed by atoms with Crippen LogP contribution in [0.2, 0.25) is 0 Å². The van der Waals surface area contributed by atoms with E-state index in [9.17, 15) is 4.79 Å². The minimum atomic E-state index is -0.0386. The molecular weight excluding hydrogens is 360 g/mol. The summed E-state index contributed by atoms with van der Waals surface area (Å²) in [5, 5.41) is 12.7. The number of nitrogens with one attached hydrogen (secondary N) is 2. The average Bonchev–Trinajstić information content (AvgIpc) is 3.41. The Bertz CT molecular complexity index is 935. The van der Waals surface area contributed by atoms with E-state index >= 15 is 0 Å². The minimum absolute atomic E-state index is 0.0386. The van der Waals surface area contributed by atoms with Gasteiger partial charge < -0.3 is 15.0 Å². The van der Waals surface area contributed by atoms with Gasteiger partial charge in [-0.15, -0.1) is 11.3 Å². The molecule has 1 aromatic carbocycles. The number of nitrogens with zero attached hydrogens (tertiary/aromatic N) is 2. The van der Waals surface area contributed by atoms with Crippen LogP contribution in [0.3, 0.4) is 0 Å². The van der Waals surface area contributed by atoms with Crippen LogP contribution in [-0.4, -0.2) is 42.3 Å². The molecule has 0 spiro atoms. The Balaban J connectivity index is 1.39. The SMILES string of the molecule is COc1ccc(C(=O)NC2CCN(c3cc(-c4cccs4)[nH]n3)C2)c(C)c1. The monoisotopic (exact) mass is 382 g/mol. The van der Waals surface area contributed by atoms with Crippen LogP contribution >= 0.6 is 11.3 Å². The highest BCUT2D eigenvalue weighted by molar-refractivity contribution is 7.13. The first-order valence-corrected chi connectivity index (χ1v) is 9.82. The molecule has 0 saturated carbocycles. The molecule has 1 aliphatic rings. The van der Waals surface area contributed by atoms with E-state index in [1.807, 2.05) is 31.2 Å². The standard InChI is InChI=1S/C20H22N4O2S/c1-13-10-15(26-2)5-6-16(13)20(25)21-14-7-8-24(12-14)19-11-17(22-23-19)18-4-3-9-27-18/h3-6,9-11,14H,7-8,12H2,1-2H3,(H,21,25)(H,22,23). The number of H-pyrrole nitrogens is 1. The van der Waals surface area contributed by atoms with E-state index in [1.165, 1.54) is 4.88 Å². The number of hydrogen-bond acceptors (Lipinski definition) is 5. The van der Waals surface area contributed by atoms with Crippen molar-refractivity contribution >= 4 is 23.1 Å². The normalized spacial score (nSPS) is 16.5. The van der Waals surface area contributed by atoms with Crippen molar-refractivity contribution in [2.45, 2.75) is 19.4 Å². The van der Waals surface area contributed by atoms with Crippen molar-refractivity contribution in [2.24, 2.45) is 0 Å². The van der Waals surface area contributed by atoms with Crippen molar-refractivity contribution in [3.8, 4) is 16.3 Å². The Morgan fingerprint density at radius 3 is 3.00 bits per heavy atom. The predicted octanol–water partition coefficient (Wildman–Crippen LogP) is 3.46. The van der Waals surface area contributed by atoms with Crippen molar-refractivity contribution in [3.05, 3.63) is 52.9 Å². The summed E-state index contributed by atoms with van der Waals surface area (Å²) < 4.78 is 5.21. The largest absolute Gasteiger partial charge is 0.497 e. The van der Waals surface area contributed by atoms with Gasteiger partial charge in [0.15, 0.2) is 5.82 Å². The van der Waals surface area contributed by atoms with Crippen LogP contribution in [0.5, 0.6) is 5.75 Å². The summed E-state index contributed by atoms with van der Waals surface area (Å²) in [6.45, 7) is 3.56. The molecule has 1 unspecified atom stereocenters. The van der Waals surface area contributed by atoms with Crippen LogP contribution in [0.25, 0.3) is 10.6 Å². The lowest BCUT2D eigenvalue weighted by Crippen LogP contribution is -2.37. The highest BCUT2D eigenvalue weighted by Crippen LogP contribution is 2.27. The van der Waals surface area contributed by atoms with Crippen molar-refractivity contribution in [1.82, 2.24) is 15.5 Å². The fourth-order valence-corrected chi connectivity index (χ4v) is 4.09. The molecule has 140 valence electrons. The lowest BCUT2D eigenvalue weighted by molar-refractivity contribution is 0.0939. The average molecular weight is 382 g/mol. The maximum atomic E-state index is 12.6. The van der Waals surface area contributed by atoms with Crippen LogP contribution in [0.4, 0.5) is 5.82 Å². The summed E-state index contributed by atoms with van der Waals surface area (Å²) in [7, 11) is 1.63. The molecule has 27 heavy (non-hydrogen) atoms. The van der Waals surface area contributed by atoms with E-state index in [0.717, 1.165) is 42.3 Å². The predicted molar refractivity (Wildman–Crippen MR) is 108 cm³/mol. The van der Waals surface area contributed by atoms with Gasteiger partial charge in [0.1, 0.15) is 5.75 Å². The molecule has 2 N–H and O–H groups in total. The molecule has 3 heterocycles. The molecule has 0 aliphatic carbocycles. The number of carbonyl (C=O) groups excluding carboxylic acids is 1. The van der Waals surface area contributed by atoms with Crippen LogP contribution in [0.15, 0.2) is 41.8 Å². The Kier molecular flexibility index (Phi) is 4.85. The summed E-state index contributed by atoms with van der Waals surface area (Å²) in [6, 6.07) is 11.8. The fraction of sp³-hybridized carbons (Fsp3) is 0.300. The smallest absolute Gasteiger partial charge is 0.251 e. The minimum Gasteiger partial charge on any atom is -0.497 e. The second-order valence-electron chi connectivity index (χ2n) is 6.70. The highest BCUT2D eigenvalue weighted by atomic mass is 32.1. The summed E-state index contributed by atoms with van der Waals surface area (Å²) in [5.41, 5.74) is 2.63. The first kappa shape index (κ1) is 17.6. The Morgan fingerprint density at radius 1 is 1.37 bits per heavy atom. The van der Waals surface area contributed by atoms with Gasteiger partial charge in [-0.1, -0.05) is 6.07 Å². The number of carbonyl (C=O) groups is 1. The number of aromatic amines is 1. The van der Waals surface area contributed by atoms with E-state index in [-0.39, 0.29) is 11.9 Å². The highest BCUT2D eigenvalue weighted by Gasteiger charge is 2.26. The van der Waals surface area contributed by atoms with Gasteiger partial charge in [0.25, 0.3) is 5.91 Å². The lowest BCUT2D eigenvalue weighted by atomic mass is 10.1. The number of methoxy groups -OCH3 is 1. The second-order valence-corrected chi connectivity index (χ2v) is 7.65. The van der Waals surface area contributed by atoms with Gasteiger partial charge in [0, 0.05) is 30.8 Å². The van der Waals surface area contributed by atoms with Gasteiger partial charge in [-0.25, -0.2) is 0 Å².